The Balaban J connectivity index is 2.45. The number of nitrogens with one attached hydrogen (secondary N) is 1. The number of esters is 1. The number of rotatable bonds is 5. The van der Waals surface area contributed by atoms with Crippen molar-refractivity contribution in [1.82, 2.24) is 14.3 Å². The summed E-state index contributed by atoms with van der Waals surface area (Å²) in [5.74, 6) is -0.430. The summed E-state index contributed by atoms with van der Waals surface area (Å²) < 4.78 is 7.69. The number of ether oxygens (including phenoxy) is 1. The van der Waals surface area contributed by atoms with Gasteiger partial charge >= 0.3 is 17.3 Å². The summed E-state index contributed by atoms with van der Waals surface area (Å²) in [5.41, 5.74) is -0.465. The summed E-state index contributed by atoms with van der Waals surface area (Å²) in [6.45, 7) is 12.8. The van der Waals surface area contributed by atoms with Crippen molar-refractivity contribution in [2.45, 2.75) is 46.8 Å². The van der Waals surface area contributed by atoms with Gasteiger partial charge in [-0.1, -0.05) is 45.5 Å². The highest BCUT2D eigenvalue weighted by atomic mass is 16.5. The first-order valence-electron chi connectivity index (χ1n) is 8.39. The molecule has 2 rings (SSSR count). The van der Waals surface area contributed by atoms with Gasteiger partial charge < -0.3 is 4.74 Å². The van der Waals surface area contributed by atoms with E-state index in [2.05, 4.69) is 11.7 Å². The minimum Gasteiger partial charge on any atom is -0.457 e. The van der Waals surface area contributed by atoms with Crippen LogP contribution in [0.2, 0.25) is 0 Å². The van der Waals surface area contributed by atoms with Crippen molar-refractivity contribution in [3.8, 4) is 5.69 Å². The van der Waals surface area contributed by atoms with Gasteiger partial charge in [-0.2, -0.15) is 0 Å². The first-order valence-corrected chi connectivity index (χ1v) is 8.39. The van der Waals surface area contributed by atoms with Gasteiger partial charge in [0.1, 0.15) is 6.10 Å². The zero-order chi connectivity index (χ0) is 19.6. The third kappa shape index (κ3) is 3.87. The zero-order valence-electron chi connectivity index (χ0n) is 15.8. The van der Waals surface area contributed by atoms with Crippen molar-refractivity contribution in [1.29, 1.82) is 0 Å². The van der Waals surface area contributed by atoms with Crippen LogP contribution < -0.4 is 11.4 Å². The molecule has 0 saturated carbocycles. The molecule has 0 aliphatic heterocycles. The smallest absolute Gasteiger partial charge is 0.352 e. The number of H-pyrrole nitrogens is 1. The number of aromatic amines is 1. The molecule has 0 fully saturated rings. The van der Waals surface area contributed by atoms with Crippen molar-refractivity contribution >= 4 is 5.97 Å². The number of hydrogen-bond acceptors (Lipinski definition) is 4. The maximum Gasteiger partial charge on any atom is 0.352 e. The highest BCUT2D eigenvalue weighted by molar-refractivity contribution is 5.66. The van der Waals surface area contributed by atoms with Gasteiger partial charge in [-0.15, -0.1) is 0 Å². The SMILES string of the molecule is C=C([C@@H](OC(C)=O)C(C)(C)C)[C@H](C)n1[nH]c(=O)n(-c2ccccc2)c1=O. The van der Waals surface area contributed by atoms with Crippen LogP contribution in [0.4, 0.5) is 0 Å². The number of aromatic nitrogens is 3. The molecule has 1 aromatic heterocycles. The van der Waals surface area contributed by atoms with Gasteiger partial charge in [-0.3, -0.25) is 4.79 Å². The molecule has 140 valence electrons. The third-order valence-electron chi connectivity index (χ3n) is 4.16. The van der Waals surface area contributed by atoms with E-state index >= 15 is 0 Å². The lowest BCUT2D eigenvalue weighted by Crippen LogP contribution is -2.37. The van der Waals surface area contributed by atoms with Crippen LogP contribution in [-0.4, -0.2) is 26.4 Å². The minimum atomic E-state index is -0.606. The van der Waals surface area contributed by atoms with E-state index in [0.29, 0.717) is 11.3 Å². The molecule has 1 N–H and O–H groups in total. The Labute approximate surface area is 151 Å². The maximum atomic E-state index is 12.8. The molecule has 0 amide bonds. The van der Waals surface area contributed by atoms with E-state index in [1.54, 1.807) is 37.3 Å². The van der Waals surface area contributed by atoms with Gasteiger partial charge in [0.25, 0.3) is 0 Å². The number of carbonyl (C=O) groups is 1. The molecular weight excluding hydrogens is 334 g/mol. The molecular formula is C19H25N3O4. The lowest BCUT2D eigenvalue weighted by atomic mass is 9.82. The molecule has 0 unspecified atom stereocenters. The van der Waals surface area contributed by atoms with Crippen LogP contribution in [0.25, 0.3) is 5.69 Å². The molecule has 2 atom stereocenters. The van der Waals surface area contributed by atoms with E-state index in [-0.39, 0.29) is 0 Å². The van der Waals surface area contributed by atoms with E-state index in [1.165, 1.54) is 11.6 Å². The third-order valence-corrected chi connectivity index (χ3v) is 4.16. The summed E-state index contributed by atoms with van der Waals surface area (Å²) in [7, 11) is 0. The first kappa shape index (κ1) is 19.5. The second-order valence-electron chi connectivity index (χ2n) is 7.35. The fraction of sp³-hybridized carbons (Fsp3) is 0.421. The Hall–Kier alpha value is -2.83. The second-order valence-corrected chi connectivity index (χ2v) is 7.35. The molecule has 0 aliphatic rings. The Morgan fingerprint density at radius 3 is 2.27 bits per heavy atom. The van der Waals surface area contributed by atoms with Crippen molar-refractivity contribution in [3.05, 3.63) is 63.5 Å². The van der Waals surface area contributed by atoms with Gasteiger partial charge in [0.2, 0.25) is 0 Å². The van der Waals surface area contributed by atoms with E-state index < -0.39 is 34.9 Å². The first-order chi connectivity index (χ1) is 12.0. The molecule has 2 aromatic rings. The standard InChI is InChI=1S/C19H25N3O4/c1-12(16(19(4,5)6)26-14(3)23)13(2)22-18(25)21(17(24)20-22)15-10-8-7-9-11-15/h7-11,13,16H,1H2,2-6H3,(H,20,24)/t13-,16+/m0/s1. The molecule has 0 spiro atoms. The molecule has 1 aromatic carbocycles. The predicted octanol–water partition coefficient (Wildman–Crippen LogP) is 2.42. The van der Waals surface area contributed by atoms with Crippen LogP contribution in [0.15, 0.2) is 52.1 Å². The summed E-state index contributed by atoms with van der Waals surface area (Å²) in [5, 5.41) is 2.56. The van der Waals surface area contributed by atoms with Gasteiger partial charge in [-0.25, -0.2) is 23.9 Å². The highest BCUT2D eigenvalue weighted by Gasteiger charge is 2.34. The number of benzene rings is 1. The van der Waals surface area contributed by atoms with Crippen LogP contribution in [0.3, 0.4) is 0 Å². The lowest BCUT2D eigenvalue weighted by Gasteiger charge is -2.33. The van der Waals surface area contributed by atoms with Crippen LogP contribution in [-0.2, 0) is 9.53 Å². The Morgan fingerprint density at radius 2 is 1.77 bits per heavy atom. The topological polar surface area (TPSA) is 86.1 Å². The summed E-state index contributed by atoms with van der Waals surface area (Å²) in [6.07, 6.45) is -0.606. The Kier molecular flexibility index (Phi) is 5.39. The molecule has 7 nitrogen and oxygen atoms in total. The zero-order valence-corrected chi connectivity index (χ0v) is 15.8. The van der Waals surface area contributed by atoms with Crippen molar-refractivity contribution in [2.75, 3.05) is 0 Å². The molecule has 0 aliphatic carbocycles. The van der Waals surface area contributed by atoms with Crippen molar-refractivity contribution in [3.63, 3.8) is 0 Å². The van der Waals surface area contributed by atoms with E-state index in [9.17, 15) is 14.4 Å². The summed E-state index contributed by atoms with van der Waals surface area (Å²) >= 11 is 0. The summed E-state index contributed by atoms with van der Waals surface area (Å²) in [6, 6.07) is 8.09. The molecule has 7 heteroatoms. The van der Waals surface area contributed by atoms with Gasteiger partial charge in [0.15, 0.2) is 0 Å². The van der Waals surface area contributed by atoms with E-state index in [4.69, 9.17) is 4.74 Å². The largest absolute Gasteiger partial charge is 0.457 e. The molecule has 0 radical (unpaired) electrons. The molecule has 26 heavy (non-hydrogen) atoms. The molecule has 0 bridgehead atoms. The maximum absolute atomic E-state index is 12.8. The quantitative estimate of drug-likeness (QED) is 0.656. The van der Waals surface area contributed by atoms with E-state index in [0.717, 1.165) is 4.57 Å². The van der Waals surface area contributed by atoms with Crippen LogP contribution in [0.5, 0.6) is 0 Å². The number of nitrogens with zero attached hydrogens (tertiary/aromatic N) is 2. The Bertz CT molecular complexity index is 913. The van der Waals surface area contributed by atoms with Crippen LogP contribution >= 0.6 is 0 Å². The fourth-order valence-corrected chi connectivity index (χ4v) is 2.82. The van der Waals surface area contributed by atoms with Crippen LogP contribution in [0.1, 0.15) is 40.7 Å². The number of para-hydroxylation sites is 1. The lowest BCUT2D eigenvalue weighted by molar-refractivity contribution is -0.149. The van der Waals surface area contributed by atoms with Gasteiger partial charge in [-0.05, 0) is 24.6 Å². The van der Waals surface area contributed by atoms with Crippen molar-refractivity contribution in [2.24, 2.45) is 5.41 Å². The Morgan fingerprint density at radius 1 is 1.19 bits per heavy atom. The van der Waals surface area contributed by atoms with E-state index in [1.807, 2.05) is 20.8 Å². The number of hydrogen-bond donors (Lipinski definition) is 1. The van der Waals surface area contributed by atoms with Crippen LogP contribution in [0, 0.1) is 5.41 Å². The predicted molar refractivity (Wildman–Crippen MR) is 99.5 cm³/mol. The van der Waals surface area contributed by atoms with Gasteiger partial charge in [0, 0.05) is 12.3 Å². The molecule has 0 saturated heterocycles. The second kappa shape index (κ2) is 7.19. The average molecular weight is 359 g/mol. The average Bonchev–Trinajstić information content (AvgIpc) is 2.85. The minimum absolute atomic E-state index is 0.414. The van der Waals surface area contributed by atoms with Gasteiger partial charge in [0.05, 0.1) is 11.7 Å². The molecule has 1 heterocycles. The highest BCUT2D eigenvalue weighted by Crippen LogP contribution is 2.32. The summed E-state index contributed by atoms with van der Waals surface area (Å²) in [4.78, 5) is 36.6. The normalized spacial score (nSPS) is 13.9. The van der Waals surface area contributed by atoms with Crippen molar-refractivity contribution < 1.29 is 9.53 Å². The monoisotopic (exact) mass is 359 g/mol. The number of carbonyl (C=O) groups excluding carboxylic acids is 1. The fourth-order valence-electron chi connectivity index (χ4n) is 2.82.